The minimum absolute atomic E-state index is 0.0823. The summed E-state index contributed by atoms with van der Waals surface area (Å²) < 4.78 is 77.0. The molecule has 1 aliphatic heterocycles. The number of fused-ring (bicyclic) bond motifs is 1. The van der Waals surface area contributed by atoms with E-state index in [0.29, 0.717) is 47.0 Å². The van der Waals surface area contributed by atoms with Crippen LogP contribution in [-0.4, -0.2) is 78.7 Å². The third kappa shape index (κ3) is 6.71. The molecule has 0 unspecified atom stereocenters. The van der Waals surface area contributed by atoms with Crippen LogP contribution in [0.4, 0.5) is 23.4 Å². The maximum Gasteiger partial charge on any atom is 0.401 e. The number of carbonyl (C=O) groups excluding carboxylic acids is 1. The number of alkyl halides is 3. The molecule has 0 radical (unpaired) electrons. The molecule has 238 valence electrons. The normalized spacial score (nSPS) is 16.7. The molecular formula is C31H31F4N5O5. The van der Waals surface area contributed by atoms with E-state index >= 15 is 4.39 Å². The van der Waals surface area contributed by atoms with Gasteiger partial charge in [-0.1, -0.05) is 17.3 Å². The van der Waals surface area contributed by atoms with Crippen molar-refractivity contribution in [2.24, 2.45) is 0 Å². The van der Waals surface area contributed by atoms with Crippen LogP contribution in [0.1, 0.15) is 30.6 Å². The summed E-state index contributed by atoms with van der Waals surface area (Å²) in [7, 11) is 1.54. The molecule has 3 heterocycles. The summed E-state index contributed by atoms with van der Waals surface area (Å²) in [6.07, 6.45) is -2.53. The number of ether oxygens (including phenoxy) is 3. The first-order valence-electron chi connectivity index (χ1n) is 14.6. The number of rotatable bonds is 10. The molecule has 2 aromatic heterocycles. The number of amides is 1. The standard InChI is InChI=1S/C31H31F4N5O5/c1-42-25-16-23-22(15-26(25)44-12-9-40-7-2-10-43-11-8-40)36-18-24(37-23)20-4-3-19(21(32)13-20)14-29(41)38-28-17-27(45-39-28)30(5-6-30)31(33,34)35/h3-4,13,15-18H,2,5-12,14H2,1H3,(H,38,39,41). The van der Waals surface area contributed by atoms with Gasteiger partial charge in [0.15, 0.2) is 23.1 Å². The molecular weight excluding hydrogens is 598 g/mol. The zero-order chi connectivity index (χ0) is 31.6. The Morgan fingerprint density at radius 2 is 1.91 bits per heavy atom. The van der Waals surface area contributed by atoms with Crippen molar-refractivity contribution in [3.63, 3.8) is 0 Å². The Hall–Kier alpha value is -4.30. The molecule has 1 aliphatic carbocycles. The van der Waals surface area contributed by atoms with E-state index in [1.54, 1.807) is 18.2 Å². The maximum atomic E-state index is 15.1. The van der Waals surface area contributed by atoms with Crippen LogP contribution in [-0.2, 0) is 21.4 Å². The van der Waals surface area contributed by atoms with Crippen LogP contribution in [0.5, 0.6) is 11.5 Å². The van der Waals surface area contributed by atoms with Crippen molar-refractivity contribution in [1.82, 2.24) is 20.0 Å². The molecule has 1 saturated heterocycles. The highest BCUT2D eigenvalue weighted by Crippen LogP contribution is 2.59. The lowest BCUT2D eigenvalue weighted by Crippen LogP contribution is -2.30. The number of hydrogen-bond donors (Lipinski definition) is 1. The lowest BCUT2D eigenvalue weighted by atomic mass is 10.0. The van der Waals surface area contributed by atoms with Gasteiger partial charge in [-0.05, 0) is 30.9 Å². The highest BCUT2D eigenvalue weighted by molar-refractivity contribution is 5.91. The van der Waals surface area contributed by atoms with Crippen LogP contribution in [0.2, 0.25) is 0 Å². The van der Waals surface area contributed by atoms with Gasteiger partial charge in [0.05, 0.1) is 43.1 Å². The van der Waals surface area contributed by atoms with Gasteiger partial charge in [-0.15, -0.1) is 0 Å². The van der Waals surface area contributed by atoms with Gasteiger partial charge in [-0.25, -0.2) is 9.37 Å². The quantitative estimate of drug-likeness (QED) is 0.233. The smallest absolute Gasteiger partial charge is 0.401 e. The van der Waals surface area contributed by atoms with Crippen molar-refractivity contribution in [3.05, 3.63) is 59.7 Å². The Labute approximate surface area is 255 Å². The third-order valence-corrected chi connectivity index (χ3v) is 8.05. The van der Waals surface area contributed by atoms with Gasteiger partial charge in [-0.3, -0.25) is 14.7 Å². The number of nitrogens with one attached hydrogen (secondary N) is 1. The predicted molar refractivity (Wildman–Crippen MR) is 155 cm³/mol. The number of halogens is 4. The Bertz CT molecular complexity index is 1680. The van der Waals surface area contributed by atoms with Crippen molar-refractivity contribution in [1.29, 1.82) is 0 Å². The Balaban J connectivity index is 1.10. The first kappa shape index (κ1) is 30.7. The SMILES string of the molecule is COc1cc2nc(-c3ccc(CC(=O)Nc4cc(C5(C(F)(F)F)CC5)on4)c(F)c3)cnc2cc1OCCN1CCCOCC1. The van der Waals surface area contributed by atoms with Crippen molar-refractivity contribution >= 4 is 22.8 Å². The second-order valence-corrected chi connectivity index (χ2v) is 11.1. The number of anilines is 1. The van der Waals surface area contributed by atoms with Crippen LogP contribution < -0.4 is 14.8 Å². The van der Waals surface area contributed by atoms with E-state index < -0.39 is 23.3 Å². The monoisotopic (exact) mass is 629 g/mol. The topological polar surface area (TPSA) is 112 Å². The number of methoxy groups -OCH3 is 1. The fourth-order valence-electron chi connectivity index (χ4n) is 5.30. The summed E-state index contributed by atoms with van der Waals surface area (Å²) in [6.45, 7) is 4.52. The largest absolute Gasteiger partial charge is 0.493 e. The third-order valence-electron chi connectivity index (χ3n) is 8.05. The second kappa shape index (κ2) is 12.6. The minimum atomic E-state index is -4.47. The van der Waals surface area contributed by atoms with E-state index in [0.717, 1.165) is 38.7 Å². The molecule has 1 N–H and O–H groups in total. The molecule has 45 heavy (non-hydrogen) atoms. The van der Waals surface area contributed by atoms with E-state index in [-0.39, 0.29) is 36.4 Å². The molecule has 0 bridgehead atoms. The average Bonchev–Trinajstić information content (AvgIpc) is 3.78. The molecule has 2 aliphatic rings. The van der Waals surface area contributed by atoms with Crippen molar-refractivity contribution in [2.75, 3.05) is 51.9 Å². The molecule has 0 spiro atoms. The van der Waals surface area contributed by atoms with E-state index in [9.17, 15) is 18.0 Å². The molecule has 2 fully saturated rings. The van der Waals surface area contributed by atoms with Crippen LogP contribution in [0, 0.1) is 5.82 Å². The van der Waals surface area contributed by atoms with Gasteiger partial charge in [0.2, 0.25) is 5.91 Å². The van der Waals surface area contributed by atoms with Gasteiger partial charge in [-0.2, -0.15) is 13.2 Å². The van der Waals surface area contributed by atoms with E-state index in [2.05, 4.69) is 25.3 Å². The van der Waals surface area contributed by atoms with E-state index in [1.165, 1.54) is 25.4 Å². The molecule has 1 amide bonds. The average molecular weight is 630 g/mol. The van der Waals surface area contributed by atoms with E-state index in [4.69, 9.17) is 18.7 Å². The lowest BCUT2D eigenvalue weighted by Gasteiger charge is -2.19. The van der Waals surface area contributed by atoms with Crippen LogP contribution in [0.15, 0.2) is 47.1 Å². The Kier molecular flexibility index (Phi) is 8.60. The van der Waals surface area contributed by atoms with Crippen LogP contribution >= 0.6 is 0 Å². The minimum Gasteiger partial charge on any atom is -0.493 e. The number of nitrogens with zero attached hydrogens (tertiary/aromatic N) is 4. The van der Waals surface area contributed by atoms with Crippen LogP contribution in [0.3, 0.4) is 0 Å². The first-order valence-corrected chi connectivity index (χ1v) is 14.6. The lowest BCUT2D eigenvalue weighted by molar-refractivity contribution is -0.165. The molecule has 6 rings (SSSR count). The molecule has 1 saturated carbocycles. The molecule has 10 nitrogen and oxygen atoms in total. The fourth-order valence-corrected chi connectivity index (χ4v) is 5.30. The van der Waals surface area contributed by atoms with E-state index in [1.807, 2.05) is 0 Å². The predicted octanol–water partition coefficient (Wildman–Crippen LogP) is 5.31. The fraction of sp³-hybridized carbons (Fsp3) is 0.419. The molecule has 0 atom stereocenters. The highest BCUT2D eigenvalue weighted by atomic mass is 19.4. The van der Waals surface area contributed by atoms with Crippen molar-refractivity contribution < 1.29 is 41.1 Å². The Morgan fingerprint density at radius 3 is 2.67 bits per heavy atom. The number of aromatic nitrogens is 3. The van der Waals surface area contributed by atoms with Crippen LogP contribution in [0.25, 0.3) is 22.3 Å². The zero-order valence-electron chi connectivity index (χ0n) is 24.5. The van der Waals surface area contributed by atoms with Crippen molar-refractivity contribution in [2.45, 2.75) is 37.3 Å². The molecule has 14 heteroatoms. The van der Waals surface area contributed by atoms with Gasteiger partial charge in [0, 0.05) is 50.0 Å². The number of hydrogen-bond acceptors (Lipinski definition) is 9. The summed E-state index contributed by atoms with van der Waals surface area (Å²) in [6, 6.07) is 8.83. The van der Waals surface area contributed by atoms with Gasteiger partial charge < -0.3 is 24.1 Å². The molecule has 4 aromatic rings. The summed E-state index contributed by atoms with van der Waals surface area (Å²) >= 11 is 0. The first-order chi connectivity index (χ1) is 21.6. The van der Waals surface area contributed by atoms with Gasteiger partial charge in [0.1, 0.15) is 17.8 Å². The zero-order valence-corrected chi connectivity index (χ0v) is 24.5. The second-order valence-electron chi connectivity index (χ2n) is 11.1. The Morgan fingerprint density at radius 1 is 1.09 bits per heavy atom. The summed E-state index contributed by atoms with van der Waals surface area (Å²) in [5.41, 5.74) is -0.0273. The number of carbonyl (C=O) groups is 1. The highest BCUT2D eigenvalue weighted by Gasteiger charge is 2.66. The maximum absolute atomic E-state index is 15.1. The van der Waals surface area contributed by atoms with Gasteiger partial charge in [0.25, 0.3) is 0 Å². The van der Waals surface area contributed by atoms with Gasteiger partial charge >= 0.3 is 6.18 Å². The summed E-state index contributed by atoms with van der Waals surface area (Å²) in [5, 5.41) is 5.91. The van der Waals surface area contributed by atoms with Crippen molar-refractivity contribution in [3.8, 4) is 22.8 Å². The summed E-state index contributed by atoms with van der Waals surface area (Å²) in [5.74, 6) is -0.791. The number of benzene rings is 2. The molecule has 2 aromatic carbocycles. The summed E-state index contributed by atoms with van der Waals surface area (Å²) in [4.78, 5) is 23.9.